The summed E-state index contributed by atoms with van der Waals surface area (Å²) in [6, 6.07) is 15.0. The van der Waals surface area contributed by atoms with Gasteiger partial charge in [-0.05, 0) is 75.3 Å². The molecule has 1 unspecified atom stereocenters. The number of halogens is 2. The van der Waals surface area contributed by atoms with E-state index in [1.807, 2.05) is 49.5 Å². The number of fused-ring (bicyclic) bond motifs is 2. The molecular weight excluding hydrogens is 542 g/mol. The summed E-state index contributed by atoms with van der Waals surface area (Å²) in [6.45, 7) is 2.51. The predicted octanol–water partition coefficient (Wildman–Crippen LogP) is 6.49. The van der Waals surface area contributed by atoms with Crippen molar-refractivity contribution in [2.75, 3.05) is 39.2 Å². The first kappa shape index (κ1) is 27.6. The SMILES string of the molecule is COc1cc(OCCC2CCN(C)CC2(F)F)c2c(Nc3ccc(Oc4ccc5ccnn5c4)c(C)c3)ncnc2c1. The van der Waals surface area contributed by atoms with Crippen molar-refractivity contribution in [2.45, 2.75) is 25.7 Å². The number of aryl methyl sites for hydroxylation is 1. The van der Waals surface area contributed by atoms with Gasteiger partial charge in [0.25, 0.3) is 5.92 Å². The Morgan fingerprint density at radius 3 is 2.74 bits per heavy atom. The first-order valence-corrected chi connectivity index (χ1v) is 13.8. The van der Waals surface area contributed by atoms with E-state index in [4.69, 9.17) is 14.2 Å². The second-order valence-corrected chi connectivity index (χ2v) is 10.6. The number of ether oxygens (including phenoxy) is 3. The van der Waals surface area contributed by atoms with Gasteiger partial charge in [-0.2, -0.15) is 5.10 Å². The monoisotopic (exact) mass is 574 g/mol. The van der Waals surface area contributed by atoms with Crippen LogP contribution in [0.25, 0.3) is 16.4 Å². The van der Waals surface area contributed by atoms with E-state index in [-0.39, 0.29) is 19.6 Å². The van der Waals surface area contributed by atoms with Crippen molar-refractivity contribution in [3.8, 4) is 23.0 Å². The molecule has 0 aliphatic carbocycles. The van der Waals surface area contributed by atoms with Crippen molar-refractivity contribution in [1.82, 2.24) is 24.5 Å². The summed E-state index contributed by atoms with van der Waals surface area (Å²) in [7, 11) is 3.28. The lowest BCUT2D eigenvalue weighted by atomic mass is 9.90. The molecule has 1 saturated heterocycles. The van der Waals surface area contributed by atoms with Crippen LogP contribution in [0.3, 0.4) is 0 Å². The van der Waals surface area contributed by atoms with Gasteiger partial charge in [0.05, 0.1) is 42.9 Å². The Hall–Kier alpha value is -4.51. The largest absolute Gasteiger partial charge is 0.497 e. The van der Waals surface area contributed by atoms with Crippen LogP contribution in [0.1, 0.15) is 18.4 Å². The minimum Gasteiger partial charge on any atom is -0.497 e. The van der Waals surface area contributed by atoms with Crippen LogP contribution in [0.4, 0.5) is 20.3 Å². The number of anilines is 2. The Morgan fingerprint density at radius 1 is 1.05 bits per heavy atom. The summed E-state index contributed by atoms with van der Waals surface area (Å²) < 4.78 is 48.6. The van der Waals surface area contributed by atoms with Gasteiger partial charge in [-0.15, -0.1) is 0 Å². The standard InChI is InChI=1S/C31H32F2N6O3/c1-20-14-22(4-7-27(20)42-24-6-5-23-8-11-36-39(23)17-24)37-30-29-26(34-19-35-30)15-25(40-3)16-28(29)41-13-10-21-9-12-38(2)18-31(21,32)33/h4-8,11,14-17,19,21H,9-10,12-13,18H2,1-3H3,(H,34,35,37). The summed E-state index contributed by atoms with van der Waals surface area (Å²) in [5, 5.41) is 8.27. The highest BCUT2D eigenvalue weighted by Crippen LogP contribution is 2.38. The lowest BCUT2D eigenvalue weighted by Crippen LogP contribution is -2.47. The molecule has 1 fully saturated rings. The van der Waals surface area contributed by atoms with Gasteiger partial charge in [-0.25, -0.2) is 23.3 Å². The molecule has 1 aliphatic heterocycles. The van der Waals surface area contributed by atoms with Gasteiger partial charge in [-0.3, -0.25) is 0 Å². The first-order valence-electron chi connectivity index (χ1n) is 13.8. The molecular formula is C31H32F2N6O3. The van der Waals surface area contributed by atoms with Crippen LogP contribution < -0.4 is 19.5 Å². The van der Waals surface area contributed by atoms with E-state index in [0.717, 1.165) is 16.8 Å². The minimum absolute atomic E-state index is 0.135. The van der Waals surface area contributed by atoms with Crippen LogP contribution in [0, 0.1) is 12.8 Å². The van der Waals surface area contributed by atoms with Crippen LogP contribution in [-0.4, -0.2) is 64.3 Å². The van der Waals surface area contributed by atoms with Crippen LogP contribution in [0.15, 0.2) is 67.3 Å². The highest BCUT2D eigenvalue weighted by Gasteiger charge is 2.43. The van der Waals surface area contributed by atoms with Crippen molar-refractivity contribution in [2.24, 2.45) is 5.92 Å². The number of methoxy groups -OCH3 is 1. The molecule has 5 aromatic rings. The first-order chi connectivity index (χ1) is 20.3. The third kappa shape index (κ3) is 5.78. The number of hydrogen-bond donors (Lipinski definition) is 1. The molecule has 2 aromatic carbocycles. The molecule has 0 amide bonds. The van der Waals surface area contributed by atoms with E-state index in [2.05, 4.69) is 20.4 Å². The number of aromatic nitrogens is 4. The van der Waals surface area contributed by atoms with Gasteiger partial charge < -0.3 is 24.4 Å². The predicted molar refractivity (Wildman–Crippen MR) is 156 cm³/mol. The highest BCUT2D eigenvalue weighted by atomic mass is 19.3. The summed E-state index contributed by atoms with van der Waals surface area (Å²) in [4.78, 5) is 10.6. The number of nitrogens with one attached hydrogen (secondary N) is 1. The number of pyridine rings is 1. The lowest BCUT2D eigenvalue weighted by Gasteiger charge is -2.36. The molecule has 1 atom stereocenters. The van der Waals surface area contributed by atoms with Crippen LogP contribution in [0.2, 0.25) is 0 Å². The highest BCUT2D eigenvalue weighted by molar-refractivity contribution is 5.96. The Balaban J connectivity index is 1.22. The van der Waals surface area contributed by atoms with E-state index in [9.17, 15) is 8.78 Å². The van der Waals surface area contributed by atoms with E-state index in [1.54, 1.807) is 41.9 Å². The maximum absolute atomic E-state index is 14.6. The summed E-state index contributed by atoms with van der Waals surface area (Å²) >= 11 is 0. The zero-order valence-corrected chi connectivity index (χ0v) is 23.7. The normalized spacial score (nSPS) is 16.9. The molecule has 4 heterocycles. The smallest absolute Gasteiger partial charge is 0.263 e. The average molecular weight is 575 g/mol. The number of likely N-dealkylation sites (tertiary alicyclic amines) is 1. The van der Waals surface area contributed by atoms with E-state index in [1.165, 1.54) is 6.33 Å². The zero-order valence-electron chi connectivity index (χ0n) is 23.7. The minimum atomic E-state index is -2.75. The molecule has 0 saturated carbocycles. The number of hydrogen-bond acceptors (Lipinski definition) is 8. The maximum atomic E-state index is 14.6. The second kappa shape index (κ2) is 11.4. The van der Waals surface area contributed by atoms with E-state index in [0.29, 0.717) is 52.7 Å². The van der Waals surface area contributed by atoms with E-state index < -0.39 is 11.8 Å². The lowest BCUT2D eigenvalue weighted by molar-refractivity contribution is -0.110. The van der Waals surface area contributed by atoms with Crippen LogP contribution >= 0.6 is 0 Å². The molecule has 218 valence electrons. The van der Waals surface area contributed by atoms with Gasteiger partial charge in [-0.1, -0.05) is 0 Å². The molecule has 9 nitrogen and oxygen atoms in total. The number of piperidine rings is 1. The van der Waals surface area contributed by atoms with Crippen molar-refractivity contribution in [3.63, 3.8) is 0 Å². The zero-order chi connectivity index (χ0) is 29.3. The fourth-order valence-electron chi connectivity index (χ4n) is 5.34. The topological polar surface area (TPSA) is 86.0 Å². The van der Waals surface area contributed by atoms with Crippen molar-refractivity contribution < 1.29 is 23.0 Å². The summed E-state index contributed by atoms with van der Waals surface area (Å²) in [5.41, 5.74) is 3.29. The number of rotatable bonds is 9. The molecule has 0 radical (unpaired) electrons. The molecule has 0 bridgehead atoms. The number of nitrogens with zero attached hydrogens (tertiary/aromatic N) is 5. The Labute approximate surface area is 242 Å². The number of alkyl halides is 2. The van der Waals surface area contributed by atoms with Gasteiger partial charge >= 0.3 is 0 Å². The van der Waals surface area contributed by atoms with Crippen molar-refractivity contribution in [1.29, 1.82) is 0 Å². The van der Waals surface area contributed by atoms with Crippen LogP contribution in [-0.2, 0) is 0 Å². The Morgan fingerprint density at radius 2 is 1.93 bits per heavy atom. The third-order valence-electron chi connectivity index (χ3n) is 7.61. The van der Waals surface area contributed by atoms with Crippen molar-refractivity contribution in [3.05, 3.63) is 72.8 Å². The van der Waals surface area contributed by atoms with Crippen LogP contribution in [0.5, 0.6) is 23.0 Å². The molecule has 1 aliphatic rings. The van der Waals surface area contributed by atoms with Gasteiger partial charge in [0.2, 0.25) is 0 Å². The molecule has 0 spiro atoms. The fourth-order valence-corrected chi connectivity index (χ4v) is 5.34. The second-order valence-electron chi connectivity index (χ2n) is 10.6. The Kier molecular flexibility index (Phi) is 7.51. The fraction of sp³-hybridized carbons (Fsp3) is 0.323. The maximum Gasteiger partial charge on any atom is 0.263 e. The molecule has 6 rings (SSSR count). The van der Waals surface area contributed by atoms with E-state index >= 15 is 0 Å². The molecule has 42 heavy (non-hydrogen) atoms. The molecule has 1 N–H and O–H groups in total. The van der Waals surface area contributed by atoms with Gasteiger partial charge in [0.15, 0.2) is 0 Å². The summed E-state index contributed by atoms with van der Waals surface area (Å²) in [6.07, 6.45) is 5.70. The average Bonchev–Trinajstić information content (AvgIpc) is 3.43. The van der Waals surface area contributed by atoms with Gasteiger partial charge in [0, 0.05) is 29.9 Å². The Bertz CT molecular complexity index is 1730. The third-order valence-corrected chi connectivity index (χ3v) is 7.61. The molecule has 3 aromatic heterocycles. The molecule has 11 heteroatoms. The van der Waals surface area contributed by atoms with Crippen molar-refractivity contribution >= 4 is 27.9 Å². The number of benzene rings is 2. The summed E-state index contributed by atoms with van der Waals surface area (Å²) in [5.74, 6) is -0.553. The quantitative estimate of drug-likeness (QED) is 0.214. The van der Waals surface area contributed by atoms with Gasteiger partial charge in [0.1, 0.15) is 35.1 Å².